The van der Waals surface area contributed by atoms with Gasteiger partial charge in [-0.05, 0) is 321 Å². The van der Waals surface area contributed by atoms with Crippen molar-refractivity contribution in [1.82, 2.24) is 0 Å². The van der Waals surface area contributed by atoms with Crippen LogP contribution in [0.4, 0.5) is 30.7 Å². The first-order valence-electron chi connectivity index (χ1n) is 39.5. The number of alkyl halides is 5. The fourth-order valence-corrected chi connectivity index (χ4v) is 11.9. The molecule has 9 rings (SSSR count). The fourth-order valence-electron chi connectivity index (χ4n) is 8.99. The van der Waals surface area contributed by atoms with E-state index in [2.05, 4.69) is 158 Å². The van der Waals surface area contributed by atoms with Crippen LogP contribution in [0.1, 0.15) is 119 Å². The van der Waals surface area contributed by atoms with Crippen LogP contribution in [0.15, 0.2) is 248 Å². The molecule has 0 aliphatic heterocycles. The smallest absolute Gasteiger partial charge is 0.138 e. The number of rotatable bonds is 34. The monoisotopic (exact) mass is 2260 g/mol. The molecule has 0 atom stereocenters. The molecule has 0 radical (unpaired) electrons. The number of ether oxygens (including phenoxy) is 5. The zero-order chi connectivity index (χ0) is 95.6. The average molecular weight is 2260 g/mol. The Balaban J connectivity index is 0.000000722. The molecule has 0 amide bonds. The molecule has 9 aromatic rings. The molecule has 0 aliphatic carbocycles. The summed E-state index contributed by atoms with van der Waals surface area (Å²) in [5, 5.41) is 0.454. The minimum Gasteiger partial charge on any atom is -0.492 e. The molecule has 9 aromatic carbocycles. The van der Waals surface area contributed by atoms with E-state index in [4.69, 9.17) is 86.9 Å². The zero-order valence-electron chi connectivity index (χ0n) is 73.3. The summed E-state index contributed by atoms with van der Waals surface area (Å²) in [5.74, 6) is 7.79. The van der Waals surface area contributed by atoms with Crippen molar-refractivity contribution in [2.75, 3.05) is 66.4 Å². The SMILES string of the molecule is CC(N)=NCc1ccc(OCCC[18F])c(Br)c1.CC(N)=NCc1ccc(OCC[18F])c(Br)c1.CC(N)=NCc1ccc(OCC[18F])c(Cl)c1.CC(N)=NCc1ccc(OCC[18F])cc1.CC(N)=NCc1ccc([131I])c(F)c1.CC(N)=NCc1ccc([18F])cc1.CC(N)=NCc1cccc(OCC[18F])c1.CC(N)=NCc1cccc([124I])c1.CC(N)=NCc1cccc([131I])c1. The van der Waals surface area contributed by atoms with E-state index in [-0.39, 0.29) is 44.7 Å². The topological polar surface area (TPSA) is 392 Å². The van der Waals surface area contributed by atoms with Gasteiger partial charge in [0.2, 0.25) is 0 Å². The largest absolute Gasteiger partial charge is 0.492 e. The van der Waals surface area contributed by atoms with Gasteiger partial charge in [-0.1, -0.05) is 96.5 Å². The molecule has 0 aromatic heterocycles. The van der Waals surface area contributed by atoms with Gasteiger partial charge in [-0.15, -0.1) is 0 Å². The van der Waals surface area contributed by atoms with E-state index in [1.807, 2.05) is 108 Å². The zero-order valence-corrected chi connectivity index (χ0v) is 83.7. The van der Waals surface area contributed by atoms with E-state index < -0.39 is 26.7 Å². The molecule has 0 fully saturated rings. The van der Waals surface area contributed by atoms with Gasteiger partial charge in [0.15, 0.2) is 0 Å². The molecule has 36 heteroatoms. The average Bonchev–Trinajstić information content (AvgIpc) is 0.918. The number of hydrogen-bond donors (Lipinski definition) is 9. The Morgan fingerprint density at radius 2 is 0.625 bits per heavy atom. The summed E-state index contributed by atoms with van der Waals surface area (Å²) in [6.45, 7) is 19.0. The molecule has 0 heterocycles. The van der Waals surface area contributed by atoms with Gasteiger partial charge in [0, 0.05) is 17.1 Å². The van der Waals surface area contributed by atoms with Crippen molar-refractivity contribution in [1.29, 1.82) is 0 Å². The van der Waals surface area contributed by atoms with Gasteiger partial charge in [0.1, 0.15) is 93.5 Å². The lowest BCUT2D eigenvalue weighted by molar-refractivity contribution is 0.272. The minimum atomic E-state index is -0.533. The Labute approximate surface area is 810 Å². The first kappa shape index (κ1) is 116. The van der Waals surface area contributed by atoms with Crippen LogP contribution in [-0.4, -0.2) is 119 Å². The van der Waals surface area contributed by atoms with E-state index in [0.717, 1.165) is 53.6 Å². The van der Waals surface area contributed by atoms with Crippen molar-refractivity contribution in [2.45, 2.75) is 128 Å². The Kier molecular flexibility index (Phi) is 64.5. The van der Waals surface area contributed by atoms with Gasteiger partial charge < -0.3 is 75.3 Å². The predicted molar refractivity (Wildman–Crippen MR) is 547 cm³/mol. The Morgan fingerprint density at radius 1 is 0.320 bits per heavy atom. The quantitative estimate of drug-likeness (QED) is 0.00595. The molecular weight excluding hydrogens is 2150 g/mol. The highest BCUT2D eigenvalue weighted by Gasteiger charge is 2.08. The minimum absolute atomic E-state index is 0.0130. The Hall–Kier alpha value is -9.84. The van der Waals surface area contributed by atoms with Crippen LogP contribution >= 0.6 is 111 Å². The number of nitrogens with two attached hydrogens (primary N) is 9. The third-order valence-electron chi connectivity index (χ3n) is 15.0. The van der Waals surface area contributed by atoms with E-state index in [0.29, 0.717) is 156 Å². The van der Waals surface area contributed by atoms with E-state index >= 15 is 0 Å². The Morgan fingerprint density at radius 3 is 0.992 bits per heavy atom. The molecular formula is C92H117Br2ClF7I3N18O5. The number of nitrogens with zero attached hydrogens (tertiary/aromatic N) is 9. The van der Waals surface area contributed by atoms with Crippen LogP contribution in [0, 0.1) is 22.3 Å². The van der Waals surface area contributed by atoms with E-state index in [1.54, 1.807) is 117 Å². The third kappa shape index (κ3) is 61.6. The van der Waals surface area contributed by atoms with Gasteiger partial charge >= 0.3 is 0 Å². The summed E-state index contributed by atoms with van der Waals surface area (Å²) in [4.78, 5) is 36.7. The molecule has 0 spiro atoms. The first-order valence-corrected chi connectivity index (χ1v) is 44.7. The van der Waals surface area contributed by atoms with Crippen molar-refractivity contribution in [3.8, 4) is 28.7 Å². The van der Waals surface area contributed by atoms with Gasteiger partial charge in [-0.2, -0.15) is 0 Å². The van der Waals surface area contributed by atoms with Gasteiger partial charge in [0.05, 0.1) is 139 Å². The lowest BCUT2D eigenvalue weighted by atomic mass is 10.2. The van der Waals surface area contributed by atoms with Crippen molar-refractivity contribution < 1.29 is 54.4 Å². The predicted octanol–water partition coefficient (Wildman–Crippen LogP) is 20.5. The normalized spacial score (nSPS) is 11.6. The summed E-state index contributed by atoms with van der Waals surface area (Å²) >= 11 is 19.2. The molecule has 0 bridgehead atoms. The molecule has 0 saturated carbocycles. The van der Waals surface area contributed by atoms with Crippen molar-refractivity contribution in [3.05, 3.63) is 281 Å². The number of benzene rings is 9. The van der Waals surface area contributed by atoms with Crippen LogP contribution in [-0.2, 0) is 58.9 Å². The van der Waals surface area contributed by atoms with Crippen molar-refractivity contribution in [2.24, 2.45) is 96.5 Å². The van der Waals surface area contributed by atoms with Crippen LogP contribution < -0.4 is 75.3 Å². The van der Waals surface area contributed by atoms with E-state index in [9.17, 15) is 30.7 Å². The highest BCUT2D eigenvalue weighted by atomic mass is 131. The van der Waals surface area contributed by atoms with Crippen LogP contribution in [0.2, 0.25) is 5.02 Å². The summed E-state index contributed by atoms with van der Waals surface area (Å²) < 4.78 is 116. The standard InChI is InChI=1S/C12H16BrFN2O.C11H14BrFN2O.C11H14ClFN2O.2C11H15FN2O.C9H10FIN2.C9H11FN2.2C9H11IN2/c1-9(15)16-8-10-3-4-12(11(13)7-10)17-6-2-5-14;2*1-8(14)15-7-9-2-3-11(10(12)6-9)16-5-4-13;1-9(13)14-8-10-2-4-11(5-3-10)15-7-6-12;1-9(13)14-8-10-3-2-4-11(7-10)15-6-5-12;1-6(12)13-5-7-2-3-9(11)8(10)4-7;1-7(11)12-6-8-2-4-9(10)5-3-8;2*1-7(11)12-6-8-3-2-4-9(10)5-8/h3-4,7H,2,5-6,8H2,1H3,(H2,15,16);2*2-3,6H,4-5,7H2,1H3,(H2,14,15);2-5H,6-8H2,1H3,(H2,13,14);2-4,7H,5-6,8H2,1H3,(H2,13,14);2-4H,5H2,1H3,(H2,12,13);3*2-5H,6H2,1H3,(H2,11,12)/i14-1;2*13-1;2*12-1;11+4;10-1;10+4;10-3. The summed E-state index contributed by atoms with van der Waals surface area (Å²) in [6, 6.07) is 59.0. The van der Waals surface area contributed by atoms with Gasteiger partial charge in [-0.25, -0.2) is 26.3 Å². The highest BCUT2D eigenvalue weighted by molar-refractivity contribution is 14.1. The molecule has 0 unspecified atom stereocenters. The number of hydrogen-bond acceptors (Lipinski definition) is 14. The second kappa shape index (κ2) is 71.1. The maximum atomic E-state index is 13.0. The maximum Gasteiger partial charge on any atom is 0.138 e. The second-order valence-corrected chi connectivity index (χ2v) is 32.6. The van der Waals surface area contributed by atoms with Crippen LogP contribution in [0.25, 0.3) is 0 Å². The second-order valence-electron chi connectivity index (χ2n) is 26.9. The first-order chi connectivity index (χ1) is 61.0. The van der Waals surface area contributed by atoms with Gasteiger partial charge in [-0.3, -0.25) is 49.3 Å². The lowest BCUT2D eigenvalue weighted by Crippen LogP contribution is -2.05. The lowest BCUT2D eigenvalue weighted by Gasteiger charge is -2.08. The molecule has 128 heavy (non-hydrogen) atoms. The summed E-state index contributed by atoms with van der Waals surface area (Å²) in [7, 11) is 0. The van der Waals surface area contributed by atoms with Crippen LogP contribution in [0.5, 0.6) is 28.7 Å². The Bertz CT molecular complexity index is 4800. The summed E-state index contributed by atoms with van der Waals surface area (Å²) in [5.41, 5.74) is 58.0. The highest BCUT2D eigenvalue weighted by Crippen LogP contribution is 2.29. The summed E-state index contributed by atoms with van der Waals surface area (Å²) in [6.07, 6.45) is 0.408. The number of aliphatic imine (C=N–C) groups is 9. The van der Waals surface area contributed by atoms with E-state index in [1.165, 1.54) is 36.5 Å². The molecule has 23 nitrogen and oxygen atoms in total. The molecule has 0 aliphatic rings. The fraction of sp³-hybridized carbons (Fsp3) is 0.315. The van der Waals surface area contributed by atoms with Crippen molar-refractivity contribution in [3.63, 3.8) is 0 Å². The third-order valence-corrected chi connectivity index (χ3v) is 18.7. The molecule has 0 saturated heterocycles. The number of amidine groups is 9. The van der Waals surface area contributed by atoms with Gasteiger partial charge in [0.25, 0.3) is 0 Å². The van der Waals surface area contributed by atoms with Crippen molar-refractivity contribution >= 4 is 164 Å². The number of halogens is 13. The van der Waals surface area contributed by atoms with Crippen LogP contribution in [0.3, 0.4) is 0 Å². The molecule has 18 N–H and O–H groups in total. The molecule has 696 valence electrons. The maximum absolute atomic E-state index is 13.0.